The highest BCUT2D eigenvalue weighted by Crippen LogP contribution is 2.22. The van der Waals surface area contributed by atoms with Crippen LogP contribution in [0.1, 0.15) is 12.5 Å². The monoisotopic (exact) mass is 368 g/mol. The number of thioether (sulfide) groups is 1. The molecule has 1 heterocycles. The van der Waals surface area contributed by atoms with E-state index in [0.717, 1.165) is 22.7 Å². The summed E-state index contributed by atoms with van der Waals surface area (Å²) >= 11 is 1.35. The fourth-order valence-corrected chi connectivity index (χ4v) is 3.17. The van der Waals surface area contributed by atoms with E-state index in [0.29, 0.717) is 11.8 Å². The van der Waals surface area contributed by atoms with Crippen LogP contribution in [-0.2, 0) is 4.79 Å². The minimum Gasteiger partial charge on any atom is -0.494 e. The number of rotatable bonds is 7. The van der Waals surface area contributed by atoms with Crippen LogP contribution in [0.2, 0.25) is 0 Å². The molecule has 6 nitrogen and oxygen atoms in total. The van der Waals surface area contributed by atoms with Crippen molar-refractivity contribution in [2.24, 2.45) is 0 Å². The highest BCUT2D eigenvalue weighted by Gasteiger charge is 2.11. The van der Waals surface area contributed by atoms with Gasteiger partial charge in [-0.05, 0) is 49.7 Å². The lowest BCUT2D eigenvalue weighted by Gasteiger charge is -2.09. The van der Waals surface area contributed by atoms with E-state index in [2.05, 4.69) is 15.5 Å². The number of ether oxygens (including phenoxy) is 1. The average Bonchev–Trinajstić information content (AvgIpc) is 3.11. The molecule has 0 fully saturated rings. The molecule has 1 N–H and O–H groups in total. The van der Waals surface area contributed by atoms with Gasteiger partial charge in [-0.25, -0.2) is 0 Å². The fraction of sp³-hybridized carbons (Fsp3) is 0.211. The first-order valence-electron chi connectivity index (χ1n) is 8.29. The number of para-hydroxylation sites is 1. The molecule has 1 amide bonds. The van der Waals surface area contributed by atoms with Gasteiger partial charge in [0.15, 0.2) is 5.16 Å². The van der Waals surface area contributed by atoms with Crippen molar-refractivity contribution in [1.29, 1.82) is 0 Å². The van der Waals surface area contributed by atoms with Gasteiger partial charge < -0.3 is 10.1 Å². The fourth-order valence-electron chi connectivity index (χ4n) is 2.45. The molecule has 2 aromatic carbocycles. The Morgan fingerprint density at radius 1 is 1.19 bits per heavy atom. The topological polar surface area (TPSA) is 69.0 Å². The van der Waals surface area contributed by atoms with Crippen LogP contribution in [0, 0.1) is 6.92 Å². The Bertz CT molecular complexity index is 877. The summed E-state index contributed by atoms with van der Waals surface area (Å²) in [6, 6.07) is 15.3. The van der Waals surface area contributed by atoms with E-state index in [9.17, 15) is 4.79 Å². The standard InChI is InChI=1S/C19H20N4O2S/c1-3-25-16-10-8-15(9-11-16)21-18(24)12-26-19-22-20-13-23(19)17-7-5-4-6-14(17)2/h4-11,13H,3,12H2,1-2H3,(H,21,24). The summed E-state index contributed by atoms with van der Waals surface area (Å²) in [5, 5.41) is 11.7. The number of carbonyl (C=O) groups is 1. The quantitative estimate of drug-likeness (QED) is 0.644. The van der Waals surface area contributed by atoms with Gasteiger partial charge >= 0.3 is 0 Å². The lowest BCUT2D eigenvalue weighted by molar-refractivity contribution is -0.113. The third-order valence-electron chi connectivity index (χ3n) is 3.67. The summed E-state index contributed by atoms with van der Waals surface area (Å²) in [5.74, 6) is 0.933. The number of aromatic nitrogens is 3. The number of amides is 1. The molecule has 26 heavy (non-hydrogen) atoms. The van der Waals surface area contributed by atoms with E-state index in [1.54, 1.807) is 6.33 Å². The van der Waals surface area contributed by atoms with Crippen LogP contribution in [0.4, 0.5) is 5.69 Å². The summed E-state index contributed by atoms with van der Waals surface area (Å²) in [6.45, 7) is 4.58. The Kier molecular flexibility index (Phi) is 5.91. The van der Waals surface area contributed by atoms with Crippen molar-refractivity contribution in [3.63, 3.8) is 0 Å². The van der Waals surface area contributed by atoms with E-state index in [1.165, 1.54) is 11.8 Å². The molecular formula is C19H20N4O2S. The zero-order chi connectivity index (χ0) is 18.4. The predicted octanol–water partition coefficient (Wildman–Crippen LogP) is 3.71. The highest BCUT2D eigenvalue weighted by molar-refractivity contribution is 7.99. The molecule has 0 saturated heterocycles. The van der Waals surface area contributed by atoms with Crippen molar-refractivity contribution in [3.05, 3.63) is 60.4 Å². The zero-order valence-electron chi connectivity index (χ0n) is 14.7. The van der Waals surface area contributed by atoms with Crippen LogP contribution in [0.25, 0.3) is 5.69 Å². The predicted molar refractivity (Wildman–Crippen MR) is 103 cm³/mol. The van der Waals surface area contributed by atoms with Crippen LogP contribution in [-0.4, -0.2) is 33.0 Å². The highest BCUT2D eigenvalue weighted by atomic mass is 32.2. The van der Waals surface area contributed by atoms with E-state index >= 15 is 0 Å². The number of aryl methyl sites for hydroxylation is 1. The number of nitrogens with zero attached hydrogens (tertiary/aromatic N) is 3. The smallest absolute Gasteiger partial charge is 0.234 e. The van der Waals surface area contributed by atoms with Crippen LogP contribution in [0.3, 0.4) is 0 Å². The lowest BCUT2D eigenvalue weighted by atomic mass is 10.2. The summed E-state index contributed by atoms with van der Waals surface area (Å²) in [6.07, 6.45) is 1.66. The molecular weight excluding hydrogens is 348 g/mol. The molecule has 0 spiro atoms. The summed E-state index contributed by atoms with van der Waals surface area (Å²) in [5.41, 5.74) is 2.86. The molecule has 0 atom stereocenters. The van der Waals surface area contributed by atoms with Gasteiger partial charge in [0.25, 0.3) is 0 Å². The minimum atomic E-state index is -0.0986. The van der Waals surface area contributed by atoms with E-state index < -0.39 is 0 Å². The van der Waals surface area contributed by atoms with Gasteiger partial charge in [-0.15, -0.1) is 10.2 Å². The number of nitrogens with one attached hydrogen (secondary N) is 1. The molecule has 0 aliphatic carbocycles. The Hall–Kier alpha value is -2.80. The summed E-state index contributed by atoms with van der Waals surface area (Å²) < 4.78 is 7.29. The third kappa shape index (κ3) is 4.43. The van der Waals surface area contributed by atoms with E-state index in [-0.39, 0.29) is 11.7 Å². The van der Waals surface area contributed by atoms with Gasteiger partial charge in [-0.1, -0.05) is 30.0 Å². The molecule has 3 rings (SSSR count). The van der Waals surface area contributed by atoms with Crippen LogP contribution < -0.4 is 10.1 Å². The molecule has 134 valence electrons. The summed E-state index contributed by atoms with van der Waals surface area (Å²) in [4.78, 5) is 12.2. The van der Waals surface area contributed by atoms with Crippen molar-refractivity contribution >= 4 is 23.4 Å². The number of carbonyl (C=O) groups excluding carboxylic acids is 1. The largest absolute Gasteiger partial charge is 0.494 e. The lowest BCUT2D eigenvalue weighted by Crippen LogP contribution is -2.14. The first-order chi connectivity index (χ1) is 12.7. The molecule has 3 aromatic rings. The van der Waals surface area contributed by atoms with Crippen LogP contribution in [0.5, 0.6) is 5.75 Å². The van der Waals surface area contributed by atoms with Crippen LogP contribution in [0.15, 0.2) is 60.0 Å². The van der Waals surface area contributed by atoms with Crippen molar-refractivity contribution in [1.82, 2.24) is 14.8 Å². The van der Waals surface area contributed by atoms with Gasteiger partial charge in [0.2, 0.25) is 5.91 Å². The van der Waals surface area contributed by atoms with Crippen molar-refractivity contribution in [2.45, 2.75) is 19.0 Å². The number of benzene rings is 2. The van der Waals surface area contributed by atoms with E-state index in [4.69, 9.17) is 4.74 Å². The maximum absolute atomic E-state index is 12.2. The second kappa shape index (κ2) is 8.53. The van der Waals surface area contributed by atoms with Crippen molar-refractivity contribution in [3.8, 4) is 11.4 Å². The normalized spacial score (nSPS) is 10.5. The van der Waals surface area contributed by atoms with Gasteiger partial charge in [-0.2, -0.15) is 0 Å². The first kappa shape index (κ1) is 18.0. The van der Waals surface area contributed by atoms with Gasteiger partial charge in [0.05, 0.1) is 18.0 Å². The second-order valence-corrected chi connectivity index (χ2v) is 6.51. The average molecular weight is 368 g/mol. The van der Waals surface area contributed by atoms with Gasteiger partial charge in [-0.3, -0.25) is 9.36 Å². The minimum absolute atomic E-state index is 0.0986. The molecule has 0 unspecified atom stereocenters. The molecule has 0 saturated carbocycles. The van der Waals surface area contributed by atoms with Crippen molar-refractivity contribution < 1.29 is 9.53 Å². The Morgan fingerprint density at radius 3 is 2.69 bits per heavy atom. The molecule has 0 aliphatic heterocycles. The number of hydrogen-bond acceptors (Lipinski definition) is 5. The molecule has 1 aromatic heterocycles. The maximum Gasteiger partial charge on any atom is 0.234 e. The molecule has 7 heteroatoms. The number of hydrogen-bond donors (Lipinski definition) is 1. The second-order valence-electron chi connectivity index (χ2n) is 5.56. The maximum atomic E-state index is 12.2. The Balaban J connectivity index is 1.60. The zero-order valence-corrected chi connectivity index (χ0v) is 15.5. The van der Waals surface area contributed by atoms with Gasteiger partial charge in [0.1, 0.15) is 12.1 Å². The Morgan fingerprint density at radius 2 is 1.96 bits per heavy atom. The van der Waals surface area contributed by atoms with E-state index in [1.807, 2.05) is 66.9 Å². The number of anilines is 1. The molecule has 0 aliphatic rings. The van der Waals surface area contributed by atoms with Crippen molar-refractivity contribution in [2.75, 3.05) is 17.7 Å². The SMILES string of the molecule is CCOc1ccc(NC(=O)CSc2nncn2-c2ccccc2C)cc1. The molecule has 0 radical (unpaired) electrons. The van der Waals surface area contributed by atoms with Crippen LogP contribution >= 0.6 is 11.8 Å². The summed E-state index contributed by atoms with van der Waals surface area (Å²) in [7, 11) is 0. The Labute approximate surface area is 156 Å². The van der Waals surface area contributed by atoms with Gasteiger partial charge in [0, 0.05) is 5.69 Å². The third-order valence-corrected chi connectivity index (χ3v) is 4.62. The first-order valence-corrected chi connectivity index (χ1v) is 9.27. The molecule has 0 bridgehead atoms.